The monoisotopic (exact) mass is 385 g/mol. The summed E-state index contributed by atoms with van der Waals surface area (Å²) in [4.78, 5) is 31.0. The van der Waals surface area contributed by atoms with Crippen LogP contribution in [0, 0.1) is 6.92 Å². The third-order valence-corrected chi connectivity index (χ3v) is 6.90. The van der Waals surface area contributed by atoms with Crippen molar-refractivity contribution in [2.45, 2.75) is 31.8 Å². The summed E-state index contributed by atoms with van der Waals surface area (Å²) in [6, 6.07) is 15.9. The lowest BCUT2D eigenvalue weighted by molar-refractivity contribution is 0.00186. The Morgan fingerprint density at radius 3 is 2.69 bits per heavy atom. The standard InChI is InChI=1S/C24H23N3O2/c1-15-7-8-17-18-9-10-25-11-12-26(24(29)16-5-3-2-4-6-16)20-14-21(28)27(19(17)13-15)22(18)23(20)25/h2-8,13,20,23H,9-12,14H2,1H3/t20-,23-/m1/s1. The van der Waals surface area contributed by atoms with E-state index < -0.39 is 0 Å². The minimum Gasteiger partial charge on any atom is -0.332 e. The van der Waals surface area contributed by atoms with E-state index in [1.165, 1.54) is 16.5 Å². The van der Waals surface area contributed by atoms with Gasteiger partial charge in [0.15, 0.2) is 0 Å². The van der Waals surface area contributed by atoms with Crippen molar-refractivity contribution in [2.75, 3.05) is 19.6 Å². The largest absolute Gasteiger partial charge is 0.332 e. The number of rotatable bonds is 1. The van der Waals surface area contributed by atoms with E-state index in [0.717, 1.165) is 30.7 Å². The first-order valence-electron chi connectivity index (χ1n) is 10.4. The highest BCUT2D eigenvalue weighted by Crippen LogP contribution is 2.45. The van der Waals surface area contributed by atoms with Crippen LogP contribution < -0.4 is 0 Å². The van der Waals surface area contributed by atoms with Crippen molar-refractivity contribution >= 4 is 22.7 Å². The summed E-state index contributed by atoms with van der Waals surface area (Å²) in [5.41, 5.74) is 5.33. The average Bonchev–Trinajstić information content (AvgIpc) is 3.08. The smallest absolute Gasteiger partial charge is 0.254 e. The first kappa shape index (κ1) is 17.0. The molecule has 2 aromatic carbocycles. The highest BCUT2D eigenvalue weighted by Gasteiger charge is 2.49. The zero-order valence-corrected chi connectivity index (χ0v) is 16.5. The van der Waals surface area contributed by atoms with Gasteiger partial charge in [0.2, 0.25) is 5.91 Å². The second-order valence-electron chi connectivity index (χ2n) is 8.48. The fourth-order valence-corrected chi connectivity index (χ4v) is 5.63. The Morgan fingerprint density at radius 1 is 1.03 bits per heavy atom. The molecule has 6 rings (SSSR count). The Balaban J connectivity index is 1.51. The molecule has 0 aliphatic carbocycles. The number of amides is 1. The summed E-state index contributed by atoms with van der Waals surface area (Å²) in [7, 11) is 0. The van der Waals surface area contributed by atoms with Crippen molar-refractivity contribution in [2.24, 2.45) is 0 Å². The van der Waals surface area contributed by atoms with Crippen LogP contribution in [-0.4, -0.2) is 51.9 Å². The lowest BCUT2D eigenvalue weighted by Gasteiger charge is -2.51. The van der Waals surface area contributed by atoms with Crippen molar-refractivity contribution in [1.82, 2.24) is 14.4 Å². The number of piperazine rings is 1. The molecule has 3 aliphatic rings. The number of carbonyl (C=O) groups is 2. The molecule has 0 bridgehead atoms. The number of hydrogen-bond acceptors (Lipinski definition) is 3. The number of aryl methyl sites for hydroxylation is 1. The van der Waals surface area contributed by atoms with Gasteiger partial charge < -0.3 is 4.90 Å². The average molecular weight is 385 g/mol. The van der Waals surface area contributed by atoms with E-state index in [1.54, 1.807) is 0 Å². The SMILES string of the molecule is Cc1ccc2c3c4n(c2c1)C(=O)C[C@@H]1[C@H]4N(CC3)CCN1C(=O)c1ccccc1. The van der Waals surface area contributed by atoms with E-state index in [2.05, 4.69) is 30.0 Å². The minimum absolute atomic E-state index is 0.0376. The summed E-state index contributed by atoms with van der Waals surface area (Å²) >= 11 is 0. The Bertz CT molecular complexity index is 1160. The van der Waals surface area contributed by atoms with Crippen molar-refractivity contribution in [3.05, 3.63) is 70.9 Å². The molecular weight excluding hydrogens is 362 g/mol. The van der Waals surface area contributed by atoms with Crippen molar-refractivity contribution in [3.63, 3.8) is 0 Å². The van der Waals surface area contributed by atoms with Crippen molar-refractivity contribution < 1.29 is 9.59 Å². The van der Waals surface area contributed by atoms with Crippen LogP contribution >= 0.6 is 0 Å². The Kier molecular flexibility index (Phi) is 3.54. The van der Waals surface area contributed by atoms with Gasteiger partial charge in [-0.1, -0.05) is 30.3 Å². The molecule has 146 valence electrons. The van der Waals surface area contributed by atoms with Gasteiger partial charge in [-0.3, -0.25) is 19.1 Å². The van der Waals surface area contributed by atoms with Gasteiger partial charge in [0.05, 0.1) is 17.6 Å². The third-order valence-electron chi connectivity index (χ3n) is 6.90. The zero-order valence-electron chi connectivity index (χ0n) is 16.5. The van der Waals surface area contributed by atoms with Gasteiger partial charge in [-0.05, 0) is 42.7 Å². The van der Waals surface area contributed by atoms with Gasteiger partial charge in [0, 0.05) is 42.7 Å². The Morgan fingerprint density at radius 2 is 1.86 bits per heavy atom. The van der Waals surface area contributed by atoms with Crippen LogP contribution in [0.1, 0.15) is 44.4 Å². The molecule has 1 aromatic heterocycles. The van der Waals surface area contributed by atoms with Crippen LogP contribution in [0.15, 0.2) is 48.5 Å². The fourth-order valence-electron chi connectivity index (χ4n) is 5.63. The van der Waals surface area contributed by atoms with E-state index in [1.807, 2.05) is 39.8 Å². The molecule has 5 nitrogen and oxygen atoms in total. The van der Waals surface area contributed by atoms with Crippen LogP contribution in [-0.2, 0) is 6.42 Å². The molecular formula is C24H23N3O2. The molecule has 3 aliphatic heterocycles. The van der Waals surface area contributed by atoms with Gasteiger partial charge in [-0.25, -0.2) is 0 Å². The third kappa shape index (κ3) is 2.31. The van der Waals surface area contributed by atoms with Crippen LogP contribution in [0.25, 0.3) is 10.9 Å². The predicted octanol–water partition coefficient (Wildman–Crippen LogP) is 3.42. The number of nitrogens with zero attached hydrogens (tertiary/aromatic N) is 3. The molecule has 3 aromatic rings. The normalized spacial score (nSPS) is 23.3. The van der Waals surface area contributed by atoms with E-state index in [9.17, 15) is 9.59 Å². The Labute approximate surface area is 169 Å². The molecule has 0 radical (unpaired) electrons. The molecule has 1 saturated heterocycles. The van der Waals surface area contributed by atoms with Gasteiger partial charge in [-0.15, -0.1) is 0 Å². The van der Waals surface area contributed by atoms with E-state index in [0.29, 0.717) is 18.5 Å². The molecule has 1 amide bonds. The van der Waals surface area contributed by atoms with Crippen LogP contribution in [0.3, 0.4) is 0 Å². The number of fused-ring (bicyclic) bond motifs is 3. The van der Waals surface area contributed by atoms with Crippen LogP contribution in [0.4, 0.5) is 0 Å². The zero-order chi connectivity index (χ0) is 19.7. The van der Waals surface area contributed by atoms with Crippen molar-refractivity contribution in [3.8, 4) is 0 Å². The van der Waals surface area contributed by atoms with Crippen molar-refractivity contribution in [1.29, 1.82) is 0 Å². The van der Waals surface area contributed by atoms with Gasteiger partial charge >= 0.3 is 0 Å². The van der Waals surface area contributed by atoms with E-state index in [4.69, 9.17) is 0 Å². The minimum atomic E-state index is -0.0964. The first-order valence-corrected chi connectivity index (χ1v) is 10.4. The van der Waals surface area contributed by atoms with E-state index in [-0.39, 0.29) is 23.9 Å². The summed E-state index contributed by atoms with van der Waals surface area (Å²) in [5.74, 6) is 0.147. The molecule has 5 heteroatoms. The fraction of sp³-hybridized carbons (Fsp3) is 0.333. The molecule has 29 heavy (non-hydrogen) atoms. The maximum absolute atomic E-state index is 13.3. The first-order chi connectivity index (χ1) is 14.1. The molecule has 0 saturated carbocycles. The molecule has 0 unspecified atom stereocenters. The highest BCUT2D eigenvalue weighted by molar-refractivity contribution is 5.99. The summed E-state index contributed by atoms with van der Waals surface area (Å²) < 4.78 is 1.96. The Hall–Kier alpha value is -2.92. The molecule has 0 spiro atoms. The molecule has 1 fully saturated rings. The quantitative estimate of drug-likeness (QED) is 0.645. The van der Waals surface area contributed by atoms with Crippen LogP contribution in [0.2, 0.25) is 0 Å². The number of carbonyl (C=O) groups excluding carboxylic acids is 2. The molecule has 4 heterocycles. The second kappa shape index (κ2) is 6.04. The number of benzene rings is 2. The summed E-state index contributed by atoms with van der Waals surface area (Å²) in [5, 5.41) is 1.20. The molecule has 0 N–H and O–H groups in total. The summed E-state index contributed by atoms with van der Waals surface area (Å²) in [6.07, 6.45) is 1.34. The second-order valence-corrected chi connectivity index (χ2v) is 8.48. The number of aromatic nitrogens is 1. The van der Waals surface area contributed by atoms with E-state index >= 15 is 0 Å². The predicted molar refractivity (Wildman–Crippen MR) is 111 cm³/mol. The highest BCUT2D eigenvalue weighted by atomic mass is 16.2. The lowest BCUT2D eigenvalue weighted by Crippen LogP contribution is -2.61. The number of hydrogen-bond donors (Lipinski definition) is 0. The summed E-state index contributed by atoms with van der Waals surface area (Å²) in [6.45, 7) is 4.59. The van der Waals surface area contributed by atoms with Crippen LogP contribution in [0.5, 0.6) is 0 Å². The van der Waals surface area contributed by atoms with Gasteiger partial charge in [0.25, 0.3) is 5.91 Å². The van der Waals surface area contributed by atoms with Gasteiger partial charge in [-0.2, -0.15) is 0 Å². The lowest BCUT2D eigenvalue weighted by atomic mass is 9.85. The molecule has 2 atom stereocenters. The van der Waals surface area contributed by atoms with Gasteiger partial charge in [0.1, 0.15) is 0 Å². The topological polar surface area (TPSA) is 45.6 Å². The maximum atomic E-state index is 13.3. The maximum Gasteiger partial charge on any atom is 0.254 e.